The van der Waals surface area contributed by atoms with Crippen LogP contribution < -0.4 is 0 Å². The van der Waals surface area contributed by atoms with Gasteiger partial charge < -0.3 is 10.2 Å². The second-order valence-corrected chi connectivity index (χ2v) is 8.65. The molecule has 0 aliphatic heterocycles. The van der Waals surface area contributed by atoms with Crippen LogP contribution >= 0.6 is 0 Å². The molecule has 0 aromatic rings. The van der Waals surface area contributed by atoms with Gasteiger partial charge in [0, 0.05) is 51.8 Å². The summed E-state index contributed by atoms with van der Waals surface area (Å²) in [5.41, 5.74) is 0. The number of carboxylic acid groups (broad SMARTS) is 2. The van der Waals surface area contributed by atoms with E-state index in [4.69, 9.17) is 10.2 Å². The summed E-state index contributed by atoms with van der Waals surface area (Å²) >= 11 is 0. The van der Waals surface area contributed by atoms with Gasteiger partial charge in [0.25, 0.3) is 0 Å². The molecule has 0 aromatic carbocycles. The minimum absolute atomic E-state index is 0. The molecule has 0 aliphatic carbocycles. The molecule has 0 unspecified atom stereocenters. The van der Waals surface area contributed by atoms with Crippen molar-refractivity contribution < 1.29 is 58.8 Å². The van der Waals surface area contributed by atoms with E-state index in [1.165, 1.54) is 103 Å². The van der Waals surface area contributed by atoms with E-state index in [1.807, 2.05) is 0 Å². The van der Waals surface area contributed by atoms with Crippen LogP contribution in [-0.4, -0.2) is 22.2 Å². The maximum Gasteiger partial charge on any atom is 0.303 e. The Bertz CT molecular complexity index is 366. The first kappa shape index (κ1) is 39.4. The van der Waals surface area contributed by atoms with Crippen LogP contribution in [0.1, 0.15) is 155 Å². The fraction of sp³-hybridized carbons (Fsp3) is 0.923. The summed E-state index contributed by atoms with van der Waals surface area (Å²) in [5, 5.41) is 16.8. The van der Waals surface area contributed by atoms with Gasteiger partial charge in [-0.1, -0.05) is 129 Å². The van der Waals surface area contributed by atoms with Gasteiger partial charge in [-0.2, -0.15) is 0 Å². The number of hydrogen-bond donors (Lipinski definition) is 2. The van der Waals surface area contributed by atoms with Crippen LogP contribution in [0.25, 0.3) is 0 Å². The molecule has 0 bridgehead atoms. The number of aliphatic carboxylic acids is 2. The Hall–Kier alpha value is 0.187. The summed E-state index contributed by atoms with van der Waals surface area (Å²) in [7, 11) is 0. The van der Waals surface area contributed by atoms with Crippen LogP contribution in [0.3, 0.4) is 0 Å². The van der Waals surface area contributed by atoms with Crippen molar-refractivity contribution in [1.82, 2.24) is 0 Å². The fourth-order valence-corrected chi connectivity index (χ4v) is 3.53. The molecule has 0 aromatic heterocycles. The predicted octanol–water partition coefficient (Wildman–Crippen LogP) is 8.76. The van der Waals surface area contributed by atoms with Crippen molar-refractivity contribution in [2.75, 3.05) is 0 Å². The Kier molecular flexibility index (Phi) is 44.0. The van der Waals surface area contributed by atoms with Gasteiger partial charge in [0.15, 0.2) is 0 Å². The minimum Gasteiger partial charge on any atom is -0.481 e. The van der Waals surface area contributed by atoms with Crippen molar-refractivity contribution in [3.63, 3.8) is 0 Å². The molecule has 6 heteroatoms. The molecule has 0 aliphatic rings. The van der Waals surface area contributed by atoms with Crippen LogP contribution in [0.2, 0.25) is 0 Å². The zero-order valence-electron chi connectivity index (χ0n) is 21.7. The molecule has 0 spiro atoms. The maximum atomic E-state index is 10.3. The Morgan fingerprint density at radius 1 is 0.406 bits per heavy atom. The van der Waals surface area contributed by atoms with Gasteiger partial charge in [-0.3, -0.25) is 9.59 Å². The average Bonchev–Trinajstić information content (AvgIpc) is 2.71. The van der Waals surface area contributed by atoms with Crippen LogP contribution in [0.4, 0.5) is 0 Å². The van der Waals surface area contributed by atoms with Crippen LogP contribution in [0, 0.1) is 0 Å². The summed E-state index contributed by atoms with van der Waals surface area (Å²) < 4.78 is 0. The van der Waals surface area contributed by atoms with Crippen LogP contribution in [0.15, 0.2) is 0 Å². The molecule has 0 heterocycles. The Labute approximate surface area is 225 Å². The number of hydrogen-bond acceptors (Lipinski definition) is 2. The smallest absolute Gasteiger partial charge is 0.303 e. The van der Waals surface area contributed by atoms with E-state index in [1.54, 1.807) is 0 Å². The Morgan fingerprint density at radius 3 is 0.781 bits per heavy atom. The van der Waals surface area contributed by atoms with Crippen molar-refractivity contribution in [3.8, 4) is 0 Å². The van der Waals surface area contributed by atoms with E-state index in [9.17, 15) is 9.59 Å². The predicted molar refractivity (Wildman–Crippen MR) is 128 cm³/mol. The number of carboxylic acids is 2. The van der Waals surface area contributed by atoms with Gasteiger partial charge in [-0.05, 0) is 12.8 Å². The average molecular weight is 559 g/mol. The molecular formula is C26H52O4Zn2. The first-order valence-electron chi connectivity index (χ1n) is 13.0. The first-order chi connectivity index (χ1) is 14.5. The third-order valence-corrected chi connectivity index (χ3v) is 5.49. The molecule has 0 saturated carbocycles. The van der Waals surface area contributed by atoms with Crippen molar-refractivity contribution >= 4 is 11.9 Å². The largest absolute Gasteiger partial charge is 0.481 e. The number of unbranched alkanes of at least 4 members (excludes halogenated alkanes) is 18. The first-order valence-corrected chi connectivity index (χ1v) is 13.0. The van der Waals surface area contributed by atoms with Crippen LogP contribution in [0.5, 0.6) is 0 Å². The molecule has 0 saturated heterocycles. The Morgan fingerprint density at radius 2 is 0.594 bits per heavy atom. The van der Waals surface area contributed by atoms with Gasteiger partial charge in [0.1, 0.15) is 0 Å². The van der Waals surface area contributed by atoms with E-state index in [0.29, 0.717) is 12.8 Å². The van der Waals surface area contributed by atoms with E-state index < -0.39 is 11.9 Å². The maximum absolute atomic E-state index is 10.3. The quantitative estimate of drug-likeness (QED) is 0.103. The van der Waals surface area contributed by atoms with Crippen molar-refractivity contribution in [2.24, 2.45) is 0 Å². The number of carbonyl (C=O) groups is 2. The SMILES string of the molecule is CCCCCCCC(=O)O.CCCCCCCCCCCCCCCCCC(=O)O.[Zn].[Zn]. The molecule has 0 atom stereocenters. The summed E-state index contributed by atoms with van der Waals surface area (Å²) in [6.45, 7) is 4.42. The molecular weight excluding hydrogens is 507 g/mol. The third kappa shape index (κ3) is 44.0. The molecule has 184 valence electrons. The van der Waals surface area contributed by atoms with E-state index in [0.717, 1.165) is 25.7 Å². The van der Waals surface area contributed by atoms with Crippen molar-refractivity contribution in [2.45, 2.75) is 155 Å². The zero-order valence-corrected chi connectivity index (χ0v) is 27.6. The van der Waals surface area contributed by atoms with Crippen LogP contribution in [-0.2, 0) is 48.5 Å². The van der Waals surface area contributed by atoms with Gasteiger partial charge >= 0.3 is 11.9 Å². The molecule has 0 fully saturated rings. The van der Waals surface area contributed by atoms with Crippen molar-refractivity contribution in [1.29, 1.82) is 0 Å². The van der Waals surface area contributed by atoms with E-state index in [-0.39, 0.29) is 39.0 Å². The summed E-state index contributed by atoms with van der Waals surface area (Å²) in [6, 6.07) is 0. The minimum atomic E-state index is -0.670. The molecule has 2 N–H and O–H groups in total. The molecule has 0 radical (unpaired) electrons. The van der Waals surface area contributed by atoms with E-state index in [2.05, 4.69) is 13.8 Å². The summed E-state index contributed by atoms with van der Waals surface area (Å²) in [4.78, 5) is 20.4. The normalized spacial score (nSPS) is 9.81. The van der Waals surface area contributed by atoms with E-state index >= 15 is 0 Å². The Balaban J connectivity index is -0.000000279. The molecule has 32 heavy (non-hydrogen) atoms. The van der Waals surface area contributed by atoms with Gasteiger partial charge in [0.2, 0.25) is 0 Å². The number of rotatable bonds is 22. The van der Waals surface area contributed by atoms with Gasteiger partial charge in [-0.15, -0.1) is 0 Å². The monoisotopic (exact) mass is 556 g/mol. The third-order valence-electron chi connectivity index (χ3n) is 5.49. The second kappa shape index (κ2) is 35.8. The standard InChI is InChI=1S/C18H36O2.C8H16O2.2Zn/c1-2-3-4-5-6-7-8-9-10-11-12-13-14-15-16-17-18(19)20;1-2-3-4-5-6-7-8(9)10;;/h2-17H2,1H3,(H,19,20);2-7H2,1H3,(H,9,10);;. The van der Waals surface area contributed by atoms with Gasteiger partial charge in [0.05, 0.1) is 0 Å². The summed E-state index contributed by atoms with van der Waals surface area (Å²) in [6.07, 6.45) is 26.1. The van der Waals surface area contributed by atoms with Crippen molar-refractivity contribution in [3.05, 3.63) is 0 Å². The zero-order chi connectivity index (χ0) is 22.7. The fourth-order valence-electron chi connectivity index (χ4n) is 3.53. The summed E-state index contributed by atoms with van der Waals surface area (Å²) in [5.74, 6) is -1.32. The second-order valence-electron chi connectivity index (χ2n) is 8.65. The van der Waals surface area contributed by atoms with Gasteiger partial charge in [-0.25, -0.2) is 0 Å². The molecule has 0 amide bonds. The molecule has 0 rings (SSSR count). The topological polar surface area (TPSA) is 74.6 Å². The molecule has 4 nitrogen and oxygen atoms in total.